The minimum Gasteiger partial charge on any atom is -0.326 e. The lowest BCUT2D eigenvalue weighted by Gasteiger charge is -2.07. The Hall–Kier alpha value is -2.08. The first-order valence-electron chi connectivity index (χ1n) is 7.00. The lowest BCUT2D eigenvalue weighted by molar-refractivity contribution is -0.116. The molecule has 2 aromatic rings. The number of aromatic nitrogens is 2. The largest absolute Gasteiger partial charge is 0.326 e. The number of carbonyl (C=O) groups is 1. The van der Waals surface area contributed by atoms with Crippen LogP contribution in [-0.2, 0) is 11.2 Å². The number of benzene rings is 1. The summed E-state index contributed by atoms with van der Waals surface area (Å²) in [6.07, 6.45) is 2.61. The van der Waals surface area contributed by atoms with E-state index < -0.39 is 0 Å². The Kier molecular flexibility index (Phi) is 5.38. The van der Waals surface area contributed by atoms with Crippen LogP contribution in [0.25, 0.3) is 0 Å². The second-order valence-electron chi connectivity index (χ2n) is 5.00. The van der Waals surface area contributed by atoms with Crippen molar-refractivity contribution in [2.24, 2.45) is 0 Å². The van der Waals surface area contributed by atoms with Crippen LogP contribution in [0.1, 0.15) is 23.5 Å². The molecule has 0 fully saturated rings. The summed E-state index contributed by atoms with van der Waals surface area (Å²) in [5.74, 6) is 0.474. The fraction of sp³-hybridized carbons (Fsp3) is 0.312. The predicted molar refractivity (Wildman–Crippen MR) is 89.5 cm³/mol. The maximum Gasteiger partial charge on any atom is 0.254 e. The molecule has 0 aliphatic heterocycles. The van der Waals surface area contributed by atoms with E-state index >= 15 is 0 Å². The molecule has 116 valence electrons. The van der Waals surface area contributed by atoms with Crippen molar-refractivity contribution in [2.75, 3.05) is 11.6 Å². The van der Waals surface area contributed by atoms with Crippen LogP contribution in [0.15, 0.2) is 34.0 Å². The number of aromatic amines is 1. The number of thioether (sulfide) groups is 1. The van der Waals surface area contributed by atoms with Gasteiger partial charge in [-0.05, 0) is 44.7 Å². The van der Waals surface area contributed by atoms with E-state index in [1.165, 1.54) is 0 Å². The van der Waals surface area contributed by atoms with Crippen LogP contribution in [-0.4, -0.2) is 22.1 Å². The highest BCUT2D eigenvalue weighted by molar-refractivity contribution is 7.98. The minimum atomic E-state index is -0.165. The highest BCUT2D eigenvalue weighted by atomic mass is 32.2. The molecule has 0 radical (unpaired) electrons. The highest BCUT2D eigenvalue weighted by Crippen LogP contribution is 2.19. The fourth-order valence-corrected chi connectivity index (χ4v) is 2.67. The van der Waals surface area contributed by atoms with Crippen LogP contribution in [0.4, 0.5) is 5.69 Å². The highest BCUT2D eigenvalue weighted by Gasteiger charge is 2.10. The zero-order valence-corrected chi connectivity index (χ0v) is 13.7. The molecule has 1 heterocycles. The Bertz CT molecular complexity index is 740. The van der Waals surface area contributed by atoms with E-state index in [1.807, 2.05) is 30.5 Å². The Labute approximate surface area is 133 Å². The average molecular weight is 317 g/mol. The number of carbonyl (C=O) groups excluding carboxylic acids is 1. The molecule has 5 nitrogen and oxygen atoms in total. The van der Waals surface area contributed by atoms with Crippen molar-refractivity contribution in [1.82, 2.24) is 9.97 Å². The van der Waals surface area contributed by atoms with Crippen LogP contribution in [0.3, 0.4) is 0 Å². The summed E-state index contributed by atoms with van der Waals surface area (Å²) in [5.41, 5.74) is 1.85. The van der Waals surface area contributed by atoms with E-state index in [2.05, 4.69) is 15.3 Å². The maximum absolute atomic E-state index is 12.0. The second kappa shape index (κ2) is 7.26. The third-order valence-corrected chi connectivity index (χ3v) is 4.02. The molecule has 0 spiro atoms. The zero-order chi connectivity index (χ0) is 16.1. The van der Waals surface area contributed by atoms with Crippen molar-refractivity contribution in [3.8, 4) is 0 Å². The van der Waals surface area contributed by atoms with Gasteiger partial charge in [0, 0.05) is 28.3 Å². The molecule has 0 aliphatic rings. The Morgan fingerprint density at radius 3 is 2.82 bits per heavy atom. The molecule has 22 heavy (non-hydrogen) atoms. The maximum atomic E-state index is 12.0. The van der Waals surface area contributed by atoms with Gasteiger partial charge in [0.2, 0.25) is 5.91 Å². The molecule has 6 heteroatoms. The van der Waals surface area contributed by atoms with Gasteiger partial charge < -0.3 is 10.3 Å². The predicted octanol–water partition coefficient (Wildman–Crippen LogP) is 2.68. The first-order chi connectivity index (χ1) is 10.5. The standard InChI is InChI=1S/C16H19N3O2S/c1-10-14(16(21)18-11(2)17-10)7-8-15(20)19-12-5-4-6-13(9-12)22-3/h4-6,9H,7-8H2,1-3H3,(H,19,20)(H,17,18,21). The summed E-state index contributed by atoms with van der Waals surface area (Å²) < 4.78 is 0. The van der Waals surface area contributed by atoms with Crippen molar-refractivity contribution < 1.29 is 4.79 Å². The smallest absolute Gasteiger partial charge is 0.254 e. The molecular weight excluding hydrogens is 298 g/mol. The van der Waals surface area contributed by atoms with Gasteiger partial charge in [0.1, 0.15) is 5.82 Å². The van der Waals surface area contributed by atoms with Crippen LogP contribution < -0.4 is 10.9 Å². The van der Waals surface area contributed by atoms with E-state index in [-0.39, 0.29) is 17.9 Å². The third-order valence-electron chi connectivity index (χ3n) is 3.30. The molecule has 0 atom stereocenters. The summed E-state index contributed by atoms with van der Waals surface area (Å²) in [5, 5.41) is 2.85. The van der Waals surface area contributed by atoms with Crippen molar-refractivity contribution in [3.63, 3.8) is 0 Å². The van der Waals surface area contributed by atoms with Crippen LogP contribution in [0.2, 0.25) is 0 Å². The molecule has 2 rings (SSSR count). The number of nitrogens with zero attached hydrogens (tertiary/aromatic N) is 1. The third kappa shape index (κ3) is 4.21. The van der Waals surface area contributed by atoms with Crippen LogP contribution >= 0.6 is 11.8 Å². The number of nitrogens with one attached hydrogen (secondary N) is 2. The summed E-state index contributed by atoms with van der Waals surface area (Å²) in [6.45, 7) is 3.53. The molecule has 0 unspecified atom stereocenters. The van der Waals surface area contributed by atoms with Gasteiger partial charge in [-0.2, -0.15) is 0 Å². The topological polar surface area (TPSA) is 74.8 Å². The van der Waals surface area contributed by atoms with Crippen LogP contribution in [0, 0.1) is 13.8 Å². The molecule has 0 saturated carbocycles. The van der Waals surface area contributed by atoms with E-state index in [0.29, 0.717) is 23.5 Å². The van der Waals surface area contributed by atoms with E-state index in [4.69, 9.17) is 0 Å². The molecule has 1 amide bonds. The van der Waals surface area contributed by atoms with Gasteiger partial charge in [0.15, 0.2) is 0 Å². The fourth-order valence-electron chi connectivity index (χ4n) is 2.21. The lowest BCUT2D eigenvalue weighted by atomic mass is 10.1. The Morgan fingerprint density at radius 2 is 2.14 bits per heavy atom. The monoisotopic (exact) mass is 317 g/mol. The summed E-state index contributed by atoms with van der Waals surface area (Å²) in [7, 11) is 0. The normalized spacial score (nSPS) is 10.5. The van der Waals surface area contributed by atoms with Crippen molar-refractivity contribution >= 4 is 23.4 Å². The van der Waals surface area contributed by atoms with Crippen LogP contribution in [0.5, 0.6) is 0 Å². The number of aryl methyl sites for hydroxylation is 2. The molecule has 0 bridgehead atoms. The van der Waals surface area contributed by atoms with Gasteiger partial charge in [0.05, 0.1) is 0 Å². The average Bonchev–Trinajstić information content (AvgIpc) is 2.46. The van der Waals surface area contributed by atoms with Gasteiger partial charge in [0.25, 0.3) is 5.56 Å². The number of anilines is 1. The van der Waals surface area contributed by atoms with E-state index in [9.17, 15) is 9.59 Å². The molecule has 2 N–H and O–H groups in total. The molecular formula is C16H19N3O2S. The quantitative estimate of drug-likeness (QED) is 0.831. The Balaban J connectivity index is 2.00. The lowest BCUT2D eigenvalue weighted by Crippen LogP contribution is -2.20. The van der Waals surface area contributed by atoms with Gasteiger partial charge >= 0.3 is 0 Å². The van der Waals surface area contributed by atoms with Crippen molar-refractivity contribution in [3.05, 3.63) is 51.7 Å². The van der Waals surface area contributed by atoms with Gasteiger partial charge in [-0.3, -0.25) is 9.59 Å². The SMILES string of the molecule is CSc1cccc(NC(=O)CCc2c(C)nc(C)[nH]c2=O)c1. The summed E-state index contributed by atoms with van der Waals surface area (Å²) >= 11 is 1.62. The number of hydrogen-bond acceptors (Lipinski definition) is 4. The molecule has 0 saturated heterocycles. The van der Waals surface area contributed by atoms with Gasteiger partial charge in [-0.15, -0.1) is 11.8 Å². The summed E-state index contributed by atoms with van der Waals surface area (Å²) in [6, 6.07) is 7.67. The second-order valence-corrected chi connectivity index (χ2v) is 5.88. The van der Waals surface area contributed by atoms with E-state index in [1.54, 1.807) is 25.6 Å². The van der Waals surface area contributed by atoms with Crippen molar-refractivity contribution in [1.29, 1.82) is 0 Å². The van der Waals surface area contributed by atoms with Gasteiger partial charge in [-0.1, -0.05) is 6.07 Å². The summed E-state index contributed by atoms with van der Waals surface area (Å²) in [4.78, 5) is 31.9. The zero-order valence-electron chi connectivity index (χ0n) is 12.9. The first-order valence-corrected chi connectivity index (χ1v) is 8.22. The number of H-pyrrole nitrogens is 1. The first kappa shape index (κ1) is 16.3. The number of rotatable bonds is 5. The molecule has 1 aromatic carbocycles. The Morgan fingerprint density at radius 1 is 1.36 bits per heavy atom. The molecule has 0 aliphatic carbocycles. The molecule has 1 aromatic heterocycles. The van der Waals surface area contributed by atoms with Crippen molar-refractivity contribution in [2.45, 2.75) is 31.6 Å². The minimum absolute atomic E-state index is 0.113. The van der Waals surface area contributed by atoms with E-state index in [0.717, 1.165) is 10.6 Å². The number of amides is 1. The van der Waals surface area contributed by atoms with Gasteiger partial charge in [-0.25, -0.2) is 4.98 Å². The number of hydrogen-bond donors (Lipinski definition) is 2.